The number of benzene rings is 1. The Bertz CT molecular complexity index is 809. The molecule has 28 heavy (non-hydrogen) atoms. The van der Waals surface area contributed by atoms with Crippen LogP contribution in [0.5, 0.6) is 0 Å². The van der Waals surface area contributed by atoms with Crippen molar-refractivity contribution in [2.75, 3.05) is 26.7 Å². The zero-order valence-electron chi connectivity index (χ0n) is 15.8. The summed E-state index contributed by atoms with van der Waals surface area (Å²) < 4.78 is 10.1. The van der Waals surface area contributed by atoms with Crippen molar-refractivity contribution in [2.24, 2.45) is 0 Å². The molecule has 1 saturated heterocycles. The number of nitrogens with one attached hydrogen (secondary N) is 1. The molecule has 1 aromatic carbocycles. The van der Waals surface area contributed by atoms with Crippen molar-refractivity contribution in [1.29, 1.82) is 0 Å². The van der Waals surface area contributed by atoms with E-state index in [9.17, 15) is 14.4 Å². The molecule has 2 heterocycles. The summed E-state index contributed by atoms with van der Waals surface area (Å²) in [6.07, 6.45) is 2.64. The first-order valence-electron chi connectivity index (χ1n) is 9.30. The van der Waals surface area contributed by atoms with Gasteiger partial charge < -0.3 is 19.4 Å². The van der Waals surface area contributed by atoms with Crippen molar-refractivity contribution in [3.8, 4) is 0 Å². The zero-order chi connectivity index (χ0) is 20.0. The van der Waals surface area contributed by atoms with E-state index in [0.717, 1.165) is 5.56 Å². The van der Waals surface area contributed by atoms with Crippen LogP contribution in [0.25, 0.3) is 0 Å². The highest BCUT2D eigenvalue weighted by atomic mass is 16.5. The first kappa shape index (κ1) is 19.7. The summed E-state index contributed by atoms with van der Waals surface area (Å²) in [5.74, 6) is -0.441. The Balaban J connectivity index is 1.55. The number of methoxy groups -OCH3 is 1. The van der Waals surface area contributed by atoms with Crippen LogP contribution in [0.2, 0.25) is 0 Å². The Kier molecular flexibility index (Phi) is 6.13. The van der Waals surface area contributed by atoms with E-state index >= 15 is 0 Å². The molecule has 7 heteroatoms. The van der Waals surface area contributed by atoms with Crippen LogP contribution in [0, 0.1) is 0 Å². The maximum atomic E-state index is 12.5. The van der Waals surface area contributed by atoms with E-state index in [1.54, 1.807) is 17.0 Å². The predicted octanol–water partition coefficient (Wildman–Crippen LogP) is 2.13. The second-order valence-corrected chi connectivity index (χ2v) is 6.80. The molecule has 148 valence electrons. The first-order chi connectivity index (χ1) is 13.6. The number of hydrogen-bond donors (Lipinski definition) is 1. The molecule has 7 nitrogen and oxygen atoms in total. The molecule has 1 aliphatic heterocycles. The Hall–Kier alpha value is -3.09. The average molecular weight is 384 g/mol. The van der Waals surface area contributed by atoms with Gasteiger partial charge in [-0.1, -0.05) is 30.3 Å². The van der Waals surface area contributed by atoms with Crippen LogP contribution in [-0.4, -0.2) is 49.4 Å². The van der Waals surface area contributed by atoms with Crippen molar-refractivity contribution in [2.45, 2.75) is 24.7 Å². The van der Waals surface area contributed by atoms with Gasteiger partial charge in [-0.05, 0) is 30.5 Å². The molecule has 2 amide bonds. The van der Waals surface area contributed by atoms with Crippen molar-refractivity contribution in [1.82, 2.24) is 10.2 Å². The van der Waals surface area contributed by atoms with Crippen LogP contribution < -0.4 is 5.32 Å². The lowest BCUT2D eigenvalue weighted by molar-refractivity contribution is -0.151. The molecule has 1 N–H and O–H groups in total. The quantitative estimate of drug-likeness (QED) is 0.771. The van der Waals surface area contributed by atoms with Gasteiger partial charge in [0.05, 0.1) is 18.8 Å². The number of carbonyl (C=O) groups is 3. The standard InChI is InChI=1S/C21H24N2O5/c1-27-20(26)21(16-6-3-2-4-7-16)10-13-23(14-11-21)18(24)9-12-22-19(25)17-8-5-15-28-17/h2-8,15H,9-14H2,1H3,(H,22,25). The normalized spacial score (nSPS) is 15.7. The van der Waals surface area contributed by atoms with Crippen molar-refractivity contribution in [3.05, 3.63) is 60.1 Å². The summed E-state index contributed by atoms with van der Waals surface area (Å²) in [5.41, 5.74) is 0.194. The number of ether oxygens (including phenoxy) is 1. The average Bonchev–Trinajstić information content (AvgIpc) is 3.28. The summed E-state index contributed by atoms with van der Waals surface area (Å²) in [5, 5.41) is 2.67. The van der Waals surface area contributed by atoms with Crippen molar-refractivity contribution >= 4 is 17.8 Å². The summed E-state index contributed by atoms with van der Waals surface area (Å²) in [6.45, 7) is 1.17. The van der Waals surface area contributed by atoms with Crippen LogP contribution in [0.1, 0.15) is 35.4 Å². The maximum Gasteiger partial charge on any atom is 0.316 e. The number of piperidine rings is 1. The van der Waals surface area contributed by atoms with Crippen LogP contribution in [-0.2, 0) is 19.7 Å². The van der Waals surface area contributed by atoms with Crippen LogP contribution in [0.3, 0.4) is 0 Å². The molecule has 1 fully saturated rings. The molecule has 0 unspecified atom stereocenters. The lowest BCUT2D eigenvalue weighted by Crippen LogP contribution is -2.49. The summed E-state index contributed by atoms with van der Waals surface area (Å²) in [7, 11) is 1.40. The lowest BCUT2D eigenvalue weighted by Gasteiger charge is -2.40. The first-order valence-corrected chi connectivity index (χ1v) is 9.30. The molecule has 1 aromatic heterocycles. The monoisotopic (exact) mass is 384 g/mol. The highest BCUT2D eigenvalue weighted by molar-refractivity contribution is 5.91. The largest absolute Gasteiger partial charge is 0.468 e. The highest BCUT2D eigenvalue weighted by Crippen LogP contribution is 2.36. The molecule has 0 bridgehead atoms. The smallest absolute Gasteiger partial charge is 0.316 e. The lowest BCUT2D eigenvalue weighted by atomic mass is 9.72. The molecular weight excluding hydrogens is 360 g/mol. The minimum atomic E-state index is -0.722. The van der Waals surface area contributed by atoms with Gasteiger partial charge in [-0.2, -0.15) is 0 Å². The van der Waals surface area contributed by atoms with Gasteiger partial charge in [0, 0.05) is 26.1 Å². The van der Waals surface area contributed by atoms with E-state index in [-0.39, 0.29) is 36.5 Å². The minimum absolute atomic E-state index is 0.0497. The van der Waals surface area contributed by atoms with Crippen LogP contribution in [0.15, 0.2) is 53.1 Å². The van der Waals surface area contributed by atoms with Crippen molar-refractivity contribution < 1.29 is 23.5 Å². The van der Waals surface area contributed by atoms with Gasteiger partial charge in [-0.3, -0.25) is 14.4 Å². The number of likely N-dealkylation sites (tertiary alicyclic amines) is 1. The van der Waals surface area contributed by atoms with Gasteiger partial charge >= 0.3 is 5.97 Å². The van der Waals surface area contributed by atoms with Crippen LogP contribution in [0.4, 0.5) is 0 Å². The number of furan rings is 1. The summed E-state index contributed by atoms with van der Waals surface area (Å²) >= 11 is 0. The molecule has 1 aliphatic rings. The molecule has 0 aliphatic carbocycles. The fourth-order valence-electron chi connectivity index (χ4n) is 3.64. The molecule has 0 saturated carbocycles. The molecule has 3 rings (SSSR count). The van der Waals surface area contributed by atoms with E-state index in [1.807, 2.05) is 30.3 Å². The summed E-state index contributed by atoms with van der Waals surface area (Å²) in [4.78, 5) is 38.6. The topological polar surface area (TPSA) is 88.9 Å². The number of esters is 1. The van der Waals surface area contributed by atoms with Crippen LogP contribution >= 0.6 is 0 Å². The third-order valence-electron chi connectivity index (χ3n) is 5.24. The molecule has 0 atom stereocenters. The second kappa shape index (κ2) is 8.73. The maximum absolute atomic E-state index is 12.5. The molecule has 0 spiro atoms. The fourth-order valence-corrected chi connectivity index (χ4v) is 3.64. The number of amides is 2. The number of rotatable bonds is 6. The van der Waals surface area contributed by atoms with Gasteiger partial charge in [-0.15, -0.1) is 0 Å². The summed E-state index contributed by atoms with van der Waals surface area (Å²) in [6, 6.07) is 12.8. The third-order valence-corrected chi connectivity index (χ3v) is 5.24. The Morgan fingerprint density at radius 3 is 2.43 bits per heavy atom. The van der Waals surface area contributed by atoms with E-state index < -0.39 is 5.41 Å². The van der Waals surface area contributed by atoms with E-state index in [0.29, 0.717) is 25.9 Å². The number of nitrogens with zero attached hydrogens (tertiary/aromatic N) is 1. The van der Waals surface area contributed by atoms with E-state index in [1.165, 1.54) is 13.4 Å². The fraction of sp³-hybridized carbons (Fsp3) is 0.381. The predicted molar refractivity (Wildman–Crippen MR) is 102 cm³/mol. The third kappa shape index (κ3) is 4.08. The number of hydrogen-bond acceptors (Lipinski definition) is 5. The zero-order valence-corrected chi connectivity index (χ0v) is 15.8. The van der Waals surface area contributed by atoms with E-state index in [4.69, 9.17) is 9.15 Å². The SMILES string of the molecule is COC(=O)C1(c2ccccc2)CCN(C(=O)CCNC(=O)c2ccco2)CC1. The number of carbonyl (C=O) groups excluding carboxylic acids is 3. The molecule has 0 radical (unpaired) electrons. The van der Waals surface area contributed by atoms with E-state index in [2.05, 4.69) is 5.32 Å². The van der Waals surface area contributed by atoms with Crippen molar-refractivity contribution in [3.63, 3.8) is 0 Å². The van der Waals surface area contributed by atoms with Gasteiger partial charge in [-0.25, -0.2) is 0 Å². The Labute approximate surface area is 163 Å². The Morgan fingerprint density at radius 1 is 1.11 bits per heavy atom. The Morgan fingerprint density at radius 2 is 1.82 bits per heavy atom. The van der Waals surface area contributed by atoms with Gasteiger partial charge in [0.25, 0.3) is 5.91 Å². The molecule has 2 aromatic rings. The van der Waals surface area contributed by atoms with Gasteiger partial charge in [0.15, 0.2) is 5.76 Å². The van der Waals surface area contributed by atoms with Gasteiger partial charge in [0.1, 0.15) is 0 Å². The highest BCUT2D eigenvalue weighted by Gasteiger charge is 2.44. The van der Waals surface area contributed by atoms with Gasteiger partial charge in [0.2, 0.25) is 5.91 Å². The molecular formula is C21H24N2O5. The minimum Gasteiger partial charge on any atom is -0.468 e. The second-order valence-electron chi connectivity index (χ2n) is 6.80.